The summed E-state index contributed by atoms with van der Waals surface area (Å²) in [6, 6.07) is 9.28. The van der Waals surface area contributed by atoms with Crippen molar-refractivity contribution in [3.8, 4) is 10.6 Å². The molecular weight excluding hydrogens is 435 g/mol. The molecule has 0 fully saturated rings. The molecule has 0 saturated heterocycles. The summed E-state index contributed by atoms with van der Waals surface area (Å²) in [4.78, 5) is 8.55. The first-order valence-corrected chi connectivity index (χ1v) is 10.4. The topological polar surface area (TPSA) is 60.5 Å². The summed E-state index contributed by atoms with van der Waals surface area (Å²) in [5, 5.41) is 1.12. The molecule has 0 bridgehead atoms. The van der Waals surface area contributed by atoms with Gasteiger partial charge in [0.1, 0.15) is 28.9 Å². The third kappa shape index (κ3) is 3.18. The Kier molecular flexibility index (Phi) is 4.87. The zero-order valence-electron chi connectivity index (χ0n) is 16.5. The quantitative estimate of drug-likeness (QED) is 0.535. The normalized spacial score (nSPS) is 23.2. The second-order valence-electron chi connectivity index (χ2n) is 7.87. The Balaban J connectivity index is 1.91. The zero-order valence-corrected chi connectivity index (χ0v) is 18.0. The number of ether oxygens (including phenoxy) is 1. The van der Waals surface area contributed by atoms with Gasteiger partial charge in [0.15, 0.2) is 5.54 Å². The lowest BCUT2D eigenvalue weighted by Gasteiger charge is -2.42. The fourth-order valence-electron chi connectivity index (χ4n) is 3.60. The molecule has 2 N–H and O–H groups in total. The molecule has 1 aliphatic rings. The van der Waals surface area contributed by atoms with Crippen molar-refractivity contribution in [2.45, 2.75) is 37.8 Å². The van der Waals surface area contributed by atoms with Gasteiger partial charge in [0, 0.05) is 16.1 Å². The van der Waals surface area contributed by atoms with Crippen LogP contribution in [0.2, 0.25) is 5.02 Å². The average Bonchev–Trinajstić information content (AvgIpc) is 3.07. The highest BCUT2D eigenvalue weighted by Gasteiger charge is 2.63. The van der Waals surface area contributed by atoms with Crippen molar-refractivity contribution in [3.63, 3.8) is 0 Å². The summed E-state index contributed by atoms with van der Waals surface area (Å²) in [6.45, 7) is 3.41. The largest absolute Gasteiger partial charge is 0.385 e. The molecule has 3 aromatic rings. The molecule has 1 aromatic heterocycles. The van der Waals surface area contributed by atoms with E-state index in [1.807, 2.05) is 0 Å². The standard InChI is InChI=1S/C21H19ClF3N3OS/c1-19(2)21(24,25)20(3,28-17(26)10-29-19)13-8-11(4-6-14(13)23)18-27-15-7-5-12(22)9-16(15)30-18/h4-9H,10H2,1-3H3,(H2,26,28)/t20-/m1/s1. The van der Waals surface area contributed by atoms with Crippen LogP contribution in [0.5, 0.6) is 0 Å². The summed E-state index contributed by atoms with van der Waals surface area (Å²) in [5.41, 5.74) is 2.56. The molecule has 0 radical (unpaired) electrons. The molecule has 1 atom stereocenters. The number of thiazole rings is 1. The summed E-state index contributed by atoms with van der Waals surface area (Å²) < 4.78 is 52.2. The molecule has 2 aromatic carbocycles. The van der Waals surface area contributed by atoms with Crippen molar-refractivity contribution in [3.05, 3.63) is 52.8 Å². The number of rotatable bonds is 2. The average molecular weight is 454 g/mol. The van der Waals surface area contributed by atoms with Crippen LogP contribution < -0.4 is 5.73 Å². The number of aromatic nitrogens is 1. The zero-order chi connectivity index (χ0) is 21.9. The molecule has 2 heterocycles. The van der Waals surface area contributed by atoms with Crippen LogP contribution in [0, 0.1) is 5.82 Å². The maximum atomic E-state index is 15.6. The van der Waals surface area contributed by atoms with Crippen molar-refractivity contribution in [2.24, 2.45) is 10.7 Å². The fourth-order valence-corrected chi connectivity index (χ4v) is 4.84. The minimum atomic E-state index is -3.55. The molecule has 9 heteroatoms. The van der Waals surface area contributed by atoms with Crippen LogP contribution in [0.25, 0.3) is 20.8 Å². The number of halogens is 4. The first-order valence-electron chi connectivity index (χ1n) is 9.17. The van der Waals surface area contributed by atoms with Gasteiger partial charge in [0.2, 0.25) is 0 Å². The van der Waals surface area contributed by atoms with Gasteiger partial charge < -0.3 is 10.5 Å². The number of hydrogen-bond acceptors (Lipinski definition) is 5. The predicted molar refractivity (Wildman–Crippen MR) is 114 cm³/mol. The SMILES string of the molecule is CC1(C)OCC(N)=N[C@](C)(c2cc(-c3nc4ccc(Cl)cc4s3)ccc2F)C1(F)F. The number of fused-ring (bicyclic) bond motifs is 1. The Morgan fingerprint density at radius 3 is 2.60 bits per heavy atom. The van der Waals surface area contributed by atoms with Gasteiger partial charge in [-0.05, 0) is 57.2 Å². The smallest absolute Gasteiger partial charge is 0.304 e. The summed E-state index contributed by atoms with van der Waals surface area (Å²) in [5.74, 6) is -4.48. The van der Waals surface area contributed by atoms with E-state index in [4.69, 9.17) is 22.1 Å². The van der Waals surface area contributed by atoms with Crippen LogP contribution in [-0.2, 0) is 10.3 Å². The maximum Gasteiger partial charge on any atom is 0.304 e. The van der Waals surface area contributed by atoms with Crippen LogP contribution in [0.1, 0.15) is 26.3 Å². The molecule has 158 valence electrons. The predicted octanol–water partition coefficient (Wildman–Crippen LogP) is 5.77. The molecule has 30 heavy (non-hydrogen) atoms. The van der Waals surface area contributed by atoms with E-state index in [1.165, 1.54) is 44.2 Å². The van der Waals surface area contributed by atoms with Crippen LogP contribution in [0.4, 0.5) is 13.2 Å². The van der Waals surface area contributed by atoms with Gasteiger partial charge in [0.25, 0.3) is 0 Å². The molecule has 0 aliphatic carbocycles. The maximum absolute atomic E-state index is 15.6. The van der Waals surface area contributed by atoms with Crippen LogP contribution in [-0.4, -0.2) is 29.0 Å². The number of aliphatic imine (C=N–C) groups is 1. The van der Waals surface area contributed by atoms with E-state index in [9.17, 15) is 4.39 Å². The Hall–Kier alpha value is -2.16. The Morgan fingerprint density at radius 2 is 1.87 bits per heavy atom. The van der Waals surface area contributed by atoms with Gasteiger partial charge in [-0.3, -0.25) is 4.99 Å². The van der Waals surface area contributed by atoms with Crippen LogP contribution >= 0.6 is 22.9 Å². The molecule has 0 amide bonds. The van der Waals surface area contributed by atoms with Gasteiger partial charge in [-0.2, -0.15) is 0 Å². The lowest BCUT2D eigenvalue weighted by atomic mass is 9.77. The van der Waals surface area contributed by atoms with E-state index in [1.54, 1.807) is 18.2 Å². The van der Waals surface area contributed by atoms with Gasteiger partial charge in [-0.15, -0.1) is 11.3 Å². The molecular formula is C21H19ClF3N3OS. The van der Waals surface area contributed by atoms with Crippen molar-refractivity contribution in [1.82, 2.24) is 4.98 Å². The van der Waals surface area contributed by atoms with Crippen LogP contribution in [0.15, 0.2) is 41.4 Å². The highest BCUT2D eigenvalue weighted by Crippen LogP contribution is 2.51. The highest BCUT2D eigenvalue weighted by molar-refractivity contribution is 7.21. The molecule has 4 nitrogen and oxygen atoms in total. The molecule has 1 aliphatic heterocycles. The third-order valence-corrected chi connectivity index (χ3v) is 6.71. The Morgan fingerprint density at radius 1 is 1.13 bits per heavy atom. The van der Waals surface area contributed by atoms with E-state index in [0.717, 1.165) is 10.8 Å². The first kappa shape index (κ1) is 21.1. The van der Waals surface area contributed by atoms with Gasteiger partial charge in [0.05, 0.1) is 10.2 Å². The number of alkyl halides is 2. The molecule has 0 saturated carbocycles. The summed E-state index contributed by atoms with van der Waals surface area (Å²) in [7, 11) is 0. The molecule has 0 spiro atoms. The van der Waals surface area contributed by atoms with Gasteiger partial charge in [-0.25, -0.2) is 18.2 Å². The lowest BCUT2D eigenvalue weighted by molar-refractivity contribution is -0.214. The number of nitrogens with two attached hydrogens (primary N) is 1. The van der Waals surface area contributed by atoms with Gasteiger partial charge in [-0.1, -0.05) is 11.6 Å². The van der Waals surface area contributed by atoms with E-state index in [2.05, 4.69) is 9.98 Å². The van der Waals surface area contributed by atoms with E-state index < -0.39 is 22.9 Å². The Bertz CT molecular complexity index is 1180. The summed E-state index contributed by atoms with van der Waals surface area (Å²) >= 11 is 7.37. The number of benzene rings is 2. The molecule has 0 unspecified atom stereocenters. The van der Waals surface area contributed by atoms with Crippen LogP contribution in [0.3, 0.4) is 0 Å². The van der Waals surface area contributed by atoms with E-state index in [-0.39, 0.29) is 18.0 Å². The molecule has 4 rings (SSSR count). The first-order chi connectivity index (χ1) is 13.9. The number of hydrogen-bond donors (Lipinski definition) is 1. The van der Waals surface area contributed by atoms with Crippen molar-refractivity contribution in [1.29, 1.82) is 0 Å². The minimum Gasteiger partial charge on any atom is -0.385 e. The second-order valence-corrected chi connectivity index (χ2v) is 9.34. The van der Waals surface area contributed by atoms with Crippen molar-refractivity contribution >= 4 is 39.0 Å². The number of amidine groups is 1. The van der Waals surface area contributed by atoms with E-state index in [0.29, 0.717) is 21.1 Å². The number of nitrogens with zero attached hydrogens (tertiary/aromatic N) is 2. The minimum absolute atomic E-state index is 0.123. The third-order valence-electron chi connectivity index (χ3n) is 5.40. The Labute approximate surface area is 180 Å². The lowest BCUT2D eigenvalue weighted by Crippen LogP contribution is -2.56. The second kappa shape index (κ2) is 6.93. The van der Waals surface area contributed by atoms with E-state index >= 15 is 8.78 Å². The van der Waals surface area contributed by atoms with Crippen molar-refractivity contribution in [2.75, 3.05) is 6.61 Å². The van der Waals surface area contributed by atoms with Crippen molar-refractivity contribution < 1.29 is 17.9 Å². The monoisotopic (exact) mass is 453 g/mol. The summed E-state index contributed by atoms with van der Waals surface area (Å²) in [6.07, 6.45) is 0. The van der Waals surface area contributed by atoms with Gasteiger partial charge >= 0.3 is 5.92 Å². The fraction of sp³-hybridized carbons (Fsp3) is 0.333. The highest BCUT2D eigenvalue weighted by atomic mass is 35.5.